The summed E-state index contributed by atoms with van der Waals surface area (Å²) in [5.74, 6) is 0.933. The Hall–Kier alpha value is -0.340. The first-order valence-electron chi connectivity index (χ1n) is 7.17. The van der Waals surface area contributed by atoms with Crippen LogP contribution in [0.25, 0.3) is 0 Å². The van der Waals surface area contributed by atoms with Crippen LogP contribution in [-0.4, -0.2) is 6.54 Å². The van der Waals surface area contributed by atoms with Crippen LogP contribution in [0, 0.1) is 5.92 Å². The van der Waals surface area contributed by atoms with E-state index in [1.807, 2.05) is 11.3 Å². The number of nitrogens with one attached hydrogen (secondary N) is 1. The van der Waals surface area contributed by atoms with Crippen LogP contribution >= 0.6 is 11.3 Å². The summed E-state index contributed by atoms with van der Waals surface area (Å²) in [5, 5.41) is 6.00. The van der Waals surface area contributed by atoms with E-state index in [2.05, 4.69) is 29.8 Å². The van der Waals surface area contributed by atoms with Crippen molar-refractivity contribution in [1.29, 1.82) is 0 Å². The average Bonchev–Trinajstić information content (AvgIpc) is 2.89. The van der Waals surface area contributed by atoms with E-state index in [-0.39, 0.29) is 0 Å². The molecule has 1 aliphatic rings. The van der Waals surface area contributed by atoms with Crippen molar-refractivity contribution in [3.8, 4) is 0 Å². The summed E-state index contributed by atoms with van der Waals surface area (Å²) in [4.78, 5) is 1.52. The summed E-state index contributed by atoms with van der Waals surface area (Å²) in [7, 11) is 0. The van der Waals surface area contributed by atoms with Crippen molar-refractivity contribution in [1.82, 2.24) is 5.32 Å². The number of hydrogen-bond acceptors (Lipinski definition) is 2. The van der Waals surface area contributed by atoms with Gasteiger partial charge in [-0.25, -0.2) is 0 Å². The van der Waals surface area contributed by atoms with Crippen LogP contribution < -0.4 is 5.32 Å². The van der Waals surface area contributed by atoms with Crippen LogP contribution in [-0.2, 0) is 0 Å². The minimum atomic E-state index is 0.599. The van der Waals surface area contributed by atoms with E-state index >= 15 is 0 Å². The Morgan fingerprint density at radius 2 is 2.18 bits per heavy atom. The van der Waals surface area contributed by atoms with Gasteiger partial charge >= 0.3 is 0 Å². The van der Waals surface area contributed by atoms with Crippen molar-refractivity contribution in [3.63, 3.8) is 0 Å². The van der Waals surface area contributed by atoms with Gasteiger partial charge < -0.3 is 5.32 Å². The van der Waals surface area contributed by atoms with Crippen LogP contribution in [0.1, 0.15) is 62.8 Å². The normalized spacial score (nSPS) is 19.4. The maximum absolute atomic E-state index is 3.80. The van der Waals surface area contributed by atoms with E-state index in [4.69, 9.17) is 0 Å². The molecule has 1 N–H and O–H groups in total. The van der Waals surface area contributed by atoms with Crippen molar-refractivity contribution in [2.45, 2.75) is 57.9 Å². The molecule has 0 bridgehead atoms. The molecule has 0 saturated heterocycles. The Bertz CT molecular complexity index is 288. The molecule has 96 valence electrons. The average molecular weight is 251 g/mol. The molecule has 0 radical (unpaired) electrons. The molecule has 0 amide bonds. The third-order valence-corrected chi connectivity index (χ3v) is 4.83. The van der Waals surface area contributed by atoms with E-state index < -0.39 is 0 Å². The summed E-state index contributed by atoms with van der Waals surface area (Å²) in [6.45, 7) is 3.51. The van der Waals surface area contributed by atoms with Gasteiger partial charge in [0.25, 0.3) is 0 Å². The summed E-state index contributed by atoms with van der Waals surface area (Å²) in [5.41, 5.74) is 0. The van der Waals surface area contributed by atoms with Crippen LogP contribution in [0.2, 0.25) is 0 Å². The van der Waals surface area contributed by atoms with Crippen molar-refractivity contribution in [3.05, 3.63) is 22.4 Å². The zero-order valence-electron chi connectivity index (χ0n) is 11.0. The van der Waals surface area contributed by atoms with Crippen LogP contribution in [0.4, 0.5) is 0 Å². The predicted octanol–water partition coefficient (Wildman–Crippen LogP) is 4.76. The molecule has 1 unspecified atom stereocenters. The monoisotopic (exact) mass is 251 g/mol. The maximum atomic E-state index is 3.80. The van der Waals surface area contributed by atoms with Gasteiger partial charge in [-0.05, 0) is 43.2 Å². The molecular formula is C15H25NS. The largest absolute Gasteiger partial charge is 0.309 e. The molecule has 1 fully saturated rings. The van der Waals surface area contributed by atoms with Crippen molar-refractivity contribution in [2.24, 2.45) is 5.92 Å². The van der Waals surface area contributed by atoms with Gasteiger partial charge in [0.15, 0.2) is 0 Å². The quantitative estimate of drug-likeness (QED) is 0.768. The van der Waals surface area contributed by atoms with Crippen LogP contribution in [0.15, 0.2) is 17.5 Å². The second-order valence-corrected chi connectivity index (χ2v) is 6.25. The highest BCUT2D eigenvalue weighted by molar-refractivity contribution is 7.10. The predicted molar refractivity (Wildman–Crippen MR) is 76.5 cm³/mol. The molecule has 1 heterocycles. The Balaban J connectivity index is 1.81. The zero-order chi connectivity index (χ0) is 11.9. The van der Waals surface area contributed by atoms with Gasteiger partial charge in [0, 0.05) is 10.9 Å². The molecule has 0 aromatic carbocycles. The van der Waals surface area contributed by atoms with Gasteiger partial charge in [-0.1, -0.05) is 38.7 Å². The molecule has 1 aliphatic carbocycles. The topological polar surface area (TPSA) is 12.0 Å². The van der Waals surface area contributed by atoms with Gasteiger partial charge in [0.05, 0.1) is 0 Å². The van der Waals surface area contributed by atoms with Crippen molar-refractivity contribution >= 4 is 11.3 Å². The van der Waals surface area contributed by atoms with E-state index in [1.165, 1.54) is 56.4 Å². The fraction of sp³-hybridized carbons (Fsp3) is 0.733. The minimum Gasteiger partial charge on any atom is -0.309 e. The number of hydrogen-bond donors (Lipinski definition) is 1. The van der Waals surface area contributed by atoms with Crippen molar-refractivity contribution in [2.75, 3.05) is 6.54 Å². The van der Waals surface area contributed by atoms with Crippen LogP contribution in [0.3, 0.4) is 0 Å². The fourth-order valence-electron chi connectivity index (χ4n) is 2.82. The van der Waals surface area contributed by atoms with Gasteiger partial charge in [0.1, 0.15) is 0 Å². The standard InChI is InChI=1S/C15H25NS/c1-2-7-14(15-10-6-11-17-15)16-12-13-8-4-3-5-9-13/h6,10-11,13-14,16H,2-5,7-9,12H2,1H3. The SMILES string of the molecule is CCCC(NCC1CCCCC1)c1cccs1. The molecule has 1 nitrogen and oxygen atoms in total. The summed E-state index contributed by atoms with van der Waals surface area (Å²) in [6.07, 6.45) is 9.77. The number of rotatable bonds is 6. The smallest absolute Gasteiger partial charge is 0.0414 e. The van der Waals surface area contributed by atoms with Gasteiger partial charge in [-0.15, -0.1) is 11.3 Å². The van der Waals surface area contributed by atoms with Gasteiger partial charge in [0.2, 0.25) is 0 Å². The molecule has 0 spiro atoms. The van der Waals surface area contributed by atoms with E-state index in [1.54, 1.807) is 0 Å². The molecule has 17 heavy (non-hydrogen) atoms. The molecule has 1 saturated carbocycles. The first-order valence-corrected chi connectivity index (χ1v) is 8.05. The molecule has 2 heteroatoms. The lowest BCUT2D eigenvalue weighted by Crippen LogP contribution is -2.28. The third kappa shape index (κ3) is 4.11. The maximum Gasteiger partial charge on any atom is 0.0414 e. The first-order chi connectivity index (χ1) is 8.40. The molecule has 2 rings (SSSR count). The molecular weight excluding hydrogens is 226 g/mol. The molecule has 1 atom stereocenters. The van der Waals surface area contributed by atoms with Gasteiger partial charge in [-0.2, -0.15) is 0 Å². The minimum absolute atomic E-state index is 0.599. The first kappa shape index (κ1) is 13.1. The highest BCUT2D eigenvalue weighted by Gasteiger charge is 2.16. The van der Waals surface area contributed by atoms with Crippen LogP contribution in [0.5, 0.6) is 0 Å². The molecule has 0 aliphatic heterocycles. The Morgan fingerprint density at radius 1 is 1.35 bits per heavy atom. The van der Waals surface area contributed by atoms with E-state index in [9.17, 15) is 0 Å². The lowest BCUT2D eigenvalue weighted by atomic mass is 9.89. The van der Waals surface area contributed by atoms with E-state index in [0.717, 1.165) is 5.92 Å². The fourth-order valence-corrected chi connectivity index (χ4v) is 3.66. The summed E-state index contributed by atoms with van der Waals surface area (Å²) >= 11 is 1.90. The Labute approximate surface area is 110 Å². The zero-order valence-corrected chi connectivity index (χ0v) is 11.8. The highest BCUT2D eigenvalue weighted by atomic mass is 32.1. The Morgan fingerprint density at radius 3 is 2.82 bits per heavy atom. The third-order valence-electron chi connectivity index (χ3n) is 3.84. The molecule has 1 aromatic rings. The summed E-state index contributed by atoms with van der Waals surface area (Å²) < 4.78 is 0. The number of thiophene rings is 1. The van der Waals surface area contributed by atoms with Crippen molar-refractivity contribution < 1.29 is 0 Å². The lowest BCUT2D eigenvalue weighted by Gasteiger charge is -2.25. The second kappa shape index (κ2) is 7.17. The molecule has 1 aromatic heterocycles. The second-order valence-electron chi connectivity index (χ2n) is 5.27. The van der Waals surface area contributed by atoms with Gasteiger partial charge in [-0.3, -0.25) is 0 Å². The highest BCUT2D eigenvalue weighted by Crippen LogP contribution is 2.26. The summed E-state index contributed by atoms with van der Waals surface area (Å²) in [6, 6.07) is 5.05. The Kier molecular flexibility index (Phi) is 5.53. The lowest BCUT2D eigenvalue weighted by molar-refractivity contribution is 0.324. The van der Waals surface area contributed by atoms with E-state index in [0.29, 0.717) is 6.04 Å².